The second kappa shape index (κ2) is 6.17. The molecule has 0 amide bonds. The van der Waals surface area contributed by atoms with Gasteiger partial charge < -0.3 is 10.1 Å². The first-order valence-corrected chi connectivity index (χ1v) is 6.63. The summed E-state index contributed by atoms with van der Waals surface area (Å²) in [5, 5.41) is 7.91. The Bertz CT molecular complexity index is 331. The lowest BCUT2D eigenvalue weighted by Crippen LogP contribution is -2.18. The maximum absolute atomic E-state index is 5.38. The molecule has 1 fully saturated rings. The van der Waals surface area contributed by atoms with Crippen LogP contribution in [-0.2, 0) is 11.3 Å². The van der Waals surface area contributed by atoms with Crippen LogP contribution in [0.1, 0.15) is 38.3 Å². The molecule has 1 aromatic heterocycles. The fourth-order valence-electron chi connectivity index (χ4n) is 2.17. The zero-order valence-corrected chi connectivity index (χ0v) is 10.9. The minimum Gasteiger partial charge on any atom is -0.381 e. The summed E-state index contributed by atoms with van der Waals surface area (Å²) in [5.41, 5.74) is 1.28. The van der Waals surface area contributed by atoms with E-state index < -0.39 is 0 Å². The van der Waals surface area contributed by atoms with Crippen LogP contribution < -0.4 is 5.32 Å². The van der Waals surface area contributed by atoms with Crippen molar-refractivity contribution in [2.45, 2.75) is 39.3 Å². The van der Waals surface area contributed by atoms with E-state index in [0.29, 0.717) is 12.0 Å². The molecule has 2 heterocycles. The second-order valence-electron chi connectivity index (χ2n) is 4.90. The largest absolute Gasteiger partial charge is 0.381 e. The highest BCUT2D eigenvalue weighted by atomic mass is 16.5. The topological polar surface area (TPSA) is 39.1 Å². The zero-order valence-electron chi connectivity index (χ0n) is 10.9. The van der Waals surface area contributed by atoms with Gasteiger partial charge in [-0.2, -0.15) is 5.10 Å². The molecule has 2 rings (SSSR count). The first-order chi connectivity index (χ1) is 8.29. The van der Waals surface area contributed by atoms with Crippen LogP contribution in [0.25, 0.3) is 0 Å². The molecular weight excluding hydrogens is 214 g/mol. The van der Waals surface area contributed by atoms with E-state index >= 15 is 0 Å². The summed E-state index contributed by atoms with van der Waals surface area (Å²) < 4.78 is 7.44. The van der Waals surface area contributed by atoms with Crippen molar-refractivity contribution in [3.8, 4) is 0 Å². The van der Waals surface area contributed by atoms with Crippen molar-refractivity contribution in [2.24, 2.45) is 5.92 Å². The number of ether oxygens (including phenoxy) is 1. The normalized spacial score (nSPS) is 21.9. The summed E-state index contributed by atoms with van der Waals surface area (Å²) in [7, 11) is 0. The van der Waals surface area contributed by atoms with Crippen LogP contribution in [0, 0.1) is 5.92 Å². The standard InChI is InChI=1S/C13H23N3O/c1-3-5-14-11(2)13-7-15-16(9-13)8-12-4-6-17-10-12/h7,9,11-12,14H,3-6,8,10H2,1-2H3. The number of nitrogens with one attached hydrogen (secondary N) is 1. The average Bonchev–Trinajstić information content (AvgIpc) is 2.98. The zero-order chi connectivity index (χ0) is 12.1. The quantitative estimate of drug-likeness (QED) is 0.822. The average molecular weight is 237 g/mol. The predicted octanol–water partition coefficient (Wildman–Crippen LogP) is 1.98. The minimum absolute atomic E-state index is 0.392. The first-order valence-electron chi connectivity index (χ1n) is 6.63. The molecule has 0 spiro atoms. The minimum atomic E-state index is 0.392. The van der Waals surface area contributed by atoms with Crippen molar-refractivity contribution in [1.29, 1.82) is 0 Å². The molecule has 0 bridgehead atoms. The van der Waals surface area contributed by atoms with Gasteiger partial charge in [-0.15, -0.1) is 0 Å². The SMILES string of the molecule is CCCNC(C)c1cnn(CC2CCOC2)c1. The van der Waals surface area contributed by atoms with Crippen LogP contribution >= 0.6 is 0 Å². The lowest BCUT2D eigenvalue weighted by Gasteiger charge is -2.10. The van der Waals surface area contributed by atoms with E-state index in [9.17, 15) is 0 Å². The van der Waals surface area contributed by atoms with E-state index in [2.05, 4.69) is 35.1 Å². The molecule has 2 unspecified atom stereocenters. The lowest BCUT2D eigenvalue weighted by atomic mass is 10.1. The number of nitrogens with zero attached hydrogens (tertiary/aromatic N) is 2. The van der Waals surface area contributed by atoms with E-state index in [0.717, 1.165) is 32.7 Å². The van der Waals surface area contributed by atoms with Gasteiger partial charge in [0.2, 0.25) is 0 Å². The van der Waals surface area contributed by atoms with Crippen molar-refractivity contribution in [3.63, 3.8) is 0 Å². The van der Waals surface area contributed by atoms with Crippen LogP contribution in [0.5, 0.6) is 0 Å². The van der Waals surface area contributed by atoms with Crippen LogP contribution in [0.4, 0.5) is 0 Å². The molecular formula is C13H23N3O. The van der Waals surface area contributed by atoms with Gasteiger partial charge in [0.05, 0.1) is 12.8 Å². The third-order valence-electron chi connectivity index (χ3n) is 3.32. The van der Waals surface area contributed by atoms with Crippen molar-refractivity contribution in [2.75, 3.05) is 19.8 Å². The van der Waals surface area contributed by atoms with Crippen LogP contribution in [0.3, 0.4) is 0 Å². The fraction of sp³-hybridized carbons (Fsp3) is 0.769. The molecule has 1 saturated heterocycles. The van der Waals surface area contributed by atoms with Crippen molar-refractivity contribution in [3.05, 3.63) is 18.0 Å². The predicted molar refractivity (Wildman–Crippen MR) is 67.9 cm³/mol. The number of rotatable bonds is 6. The van der Waals surface area contributed by atoms with Crippen LogP contribution in [-0.4, -0.2) is 29.5 Å². The Balaban J connectivity index is 1.86. The van der Waals surface area contributed by atoms with Gasteiger partial charge in [0, 0.05) is 36.9 Å². The Morgan fingerprint density at radius 3 is 3.24 bits per heavy atom. The van der Waals surface area contributed by atoms with E-state index in [1.54, 1.807) is 0 Å². The third-order valence-corrected chi connectivity index (χ3v) is 3.32. The van der Waals surface area contributed by atoms with Crippen molar-refractivity contribution in [1.82, 2.24) is 15.1 Å². The summed E-state index contributed by atoms with van der Waals surface area (Å²) in [6, 6.07) is 0.392. The monoisotopic (exact) mass is 237 g/mol. The molecule has 4 nitrogen and oxygen atoms in total. The molecule has 2 atom stereocenters. The lowest BCUT2D eigenvalue weighted by molar-refractivity contribution is 0.181. The first kappa shape index (κ1) is 12.6. The van der Waals surface area contributed by atoms with E-state index in [-0.39, 0.29) is 0 Å². The van der Waals surface area contributed by atoms with E-state index in [4.69, 9.17) is 4.74 Å². The van der Waals surface area contributed by atoms with Crippen LogP contribution in [0.2, 0.25) is 0 Å². The molecule has 0 saturated carbocycles. The molecule has 96 valence electrons. The van der Waals surface area contributed by atoms with Crippen molar-refractivity contribution >= 4 is 0 Å². The summed E-state index contributed by atoms with van der Waals surface area (Å²) >= 11 is 0. The molecule has 0 radical (unpaired) electrons. The molecule has 1 aromatic rings. The maximum atomic E-state index is 5.38. The number of hydrogen-bond acceptors (Lipinski definition) is 3. The van der Waals surface area contributed by atoms with Gasteiger partial charge in [0.1, 0.15) is 0 Å². The van der Waals surface area contributed by atoms with Gasteiger partial charge >= 0.3 is 0 Å². The summed E-state index contributed by atoms with van der Waals surface area (Å²) in [4.78, 5) is 0. The Morgan fingerprint density at radius 2 is 2.53 bits per heavy atom. The molecule has 4 heteroatoms. The molecule has 17 heavy (non-hydrogen) atoms. The second-order valence-corrected chi connectivity index (χ2v) is 4.90. The molecule has 1 aliphatic heterocycles. The Morgan fingerprint density at radius 1 is 1.65 bits per heavy atom. The maximum Gasteiger partial charge on any atom is 0.0537 e. The summed E-state index contributed by atoms with van der Waals surface area (Å²) in [6.07, 6.45) is 6.46. The van der Waals surface area contributed by atoms with Gasteiger partial charge in [0.25, 0.3) is 0 Å². The van der Waals surface area contributed by atoms with Crippen LogP contribution in [0.15, 0.2) is 12.4 Å². The highest BCUT2D eigenvalue weighted by molar-refractivity contribution is 5.09. The smallest absolute Gasteiger partial charge is 0.0537 e. The number of aromatic nitrogens is 2. The summed E-state index contributed by atoms with van der Waals surface area (Å²) in [6.45, 7) is 8.22. The van der Waals surface area contributed by atoms with E-state index in [1.807, 2.05) is 6.20 Å². The van der Waals surface area contributed by atoms with Gasteiger partial charge in [-0.25, -0.2) is 0 Å². The van der Waals surface area contributed by atoms with Gasteiger partial charge in [-0.1, -0.05) is 6.92 Å². The van der Waals surface area contributed by atoms with Gasteiger partial charge in [0.15, 0.2) is 0 Å². The highest BCUT2D eigenvalue weighted by Crippen LogP contribution is 2.16. The summed E-state index contributed by atoms with van der Waals surface area (Å²) in [5.74, 6) is 0.640. The third kappa shape index (κ3) is 3.54. The molecule has 0 aliphatic carbocycles. The van der Waals surface area contributed by atoms with Gasteiger partial charge in [-0.3, -0.25) is 4.68 Å². The highest BCUT2D eigenvalue weighted by Gasteiger charge is 2.17. The molecule has 1 aliphatic rings. The Labute approximate surface area is 103 Å². The fourth-order valence-corrected chi connectivity index (χ4v) is 2.17. The Kier molecular flexibility index (Phi) is 4.57. The Hall–Kier alpha value is -0.870. The number of hydrogen-bond donors (Lipinski definition) is 1. The molecule has 0 aromatic carbocycles. The molecule has 1 N–H and O–H groups in total. The van der Waals surface area contributed by atoms with Gasteiger partial charge in [-0.05, 0) is 26.3 Å². The van der Waals surface area contributed by atoms with Crippen molar-refractivity contribution < 1.29 is 4.74 Å². The van der Waals surface area contributed by atoms with E-state index in [1.165, 1.54) is 12.0 Å².